The van der Waals surface area contributed by atoms with Crippen molar-refractivity contribution in [3.63, 3.8) is 0 Å². The molecule has 0 amide bonds. The SMILES string of the molecule is NC1=N[C@@]2(c3ccccc3F)CO[C@@H](COCc3ccccc3)C[C@H]2CS1. The van der Waals surface area contributed by atoms with Crippen LogP contribution in [-0.2, 0) is 21.6 Å². The standard InChI is InChI=1S/C21H23FN2O2S/c22-19-9-5-4-8-18(19)21-14-26-17(10-16(21)13-27-20(23)24-21)12-25-11-15-6-2-1-3-7-15/h1-9,16-17H,10-14H2,(H2,23,24)/t16-,17+,21-/m0/s1. The van der Waals surface area contributed by atoms with Gasteiger partial charge in [-0.25, -0.2) is 9.38 Å². The van der Waals surface area contributed by atoms with Crippen LogP contribution in [0.1, 0.15) is 17.5 Å². The summed E-state index contributed by atoms with van der Waals surface area (Å²) in [5.41, 5.74) is 6.97. The van der Waals surface area contributed by atoms with Gasteiger partial charge in [0, 0.05) is 17.2 Å². The summed E-state index contributed by atoms with van der Waals surface area (Å²) in [6.45, 7) is 1.39. The third-order valence-electron chi connectivity index (χ3n) is 5.26. The Labute approximate surface area is 163 Å². The molecule has 0 saturated carbocycles. The molecule has 2 aromatic carbocycles. The zero-order valence-electron chi connectivity index (χ0n) is 15.0. The number of rotatable bonds is 5. The fourth-order valence-corrected chi connectivity index (χ4v) is 4.87. The Balaban J connectivity index is 1.46. The Bertz CT molecular complexity index is 817. The number of ether oxygens (including phenoxy) is 2. The van der Waals surface area contributed by atoms with Crippen LogP contribution in [-0.4, -0.2) is 30.2 Å². The van der Waals surface area contributed by atoms with E-state index >= 15 is 0 Å². The van der Waals surface area contributed by atoms with Gasteiger partial charge in [-0.15, -0.1) is 0 Å². The highest BCUT2D eigenvalue weighted by atomic mass is 32.2. The zero-order chi connectivity index (χ0) is 18.7. The minimum absolute atomic E-state index is 0.0197. The van der Waals surface area contributed by atoms with Gasteiger partial charge < -0.3 is 15.2 Å². The van der Waals surface area contributed by atoms with Crippen molar-refractivity contribution >= 4 is 16.9 Å². The number of aliphatic imine (C=N–C) groups is 1. The maximum Gasteiger partial charge on any atom is 0.154 e. The summed E-state index contributed by atoms with van der Waals surface area (Å²) >= 11 is 1.53. The Morgan fingerprint density at radius 2 is 1.96 bits per heavy atom. The van der Waals surface area contributed by atoms with E-state index in [0.717, 1.165) is 17.7 Å². The Morgan fingerprint density at radius 1 is 1.19 bits per heavy atom. The molecular formula is C21H23FN2O2S. The van der Waals surface area contributed by atoms with Gasteiger partial charge in [-0.1, -0.05) is 60.3 Å². The molecule has 142 valence electrons. The molecule has 3 atom stereocenters. The van der Waals surface area contributed by atoms with Crippen LogP contribution in [0.15, 0.2) is 59.6 Å². The lowest BCUT2D eigenvalue weighted by Gasteiger charge is -2.46. The van der Waals surface area contributed by atoms with E-state index in [4.69, 9.17) is 15.2 Å². The normalized spacial score (nSPS) is 27.7. The molecule has 0 aliphatic carbocycles. The highest BCUT2D eigenvalue weighted by Gasteiger charge is 2.49. The first-order chi connectivity index (χ1) is 13.2. The lowest BCUT2D eigenvalue weighted by molar-refractivity contribution is -0.0927. The molecule has 0 bridgehead atoms. The van der Waals surface area contributed by atoms with Crippen LogP contribution < -0.4 is 5.73 Å². The van der Waals surface area contributed by atoms with Crippen molar-refractivity contribution in [2.75, 3.05) is 19.0 Å². The molecule has 1 saturated heterocycles. The second-order valence-corrected chi connectivity index (χ2v) is 8.07. The molecule has 4 nitrogen and oxygen atoms in total. The van der Waals surface area contributed by atoms with Crippen LogP contribution in [0.5, 0.6) is 0 Å². The lowest BCUT2D eigenvalue weighted by Crippen LogP contribution is -2.51. The van der Waals surface area contributed by atoms with Crippen molar-refractivity contribution in [1.82, 2.24) is 0 Å². The van der Waals surface area contributed by atoms with Crippen LogP contribution in [0.3, 0.4) is 0 Å². The van der Waals surface area contributed by atoms with Crippen molar-refractivity contribution in [2.24, 2.45) is 16.6 Å². The first-order valence-corrected chi connectivity index (χ1v) is 10.1. The molecule has 2 N–H and O–H groups in total. The van der Waals surface area contributed by atoms with Crippen molar-refractivity contribution in [1.29, 1.82) is 0 Å². The van der Waals surface area contributed by atoms with E-state index in [2.05, 4.69) is 4.99 Å². The van der Waals surface area contributed by atoms with Gasteiger partial charge >= 0.3 is 0 Å². The quantitative estimate of drug-likeness (QED) is 0.851. The second-order valence-electron chi connectivity index (χ2n) is 7.03. The number of nitrogens with two attached hydrogens (primary N) is 1. The molecule has 0 unspecified atom stereocenters. The average molecular weight is 386 g/mol. The number of benzene rings is 2. The van der Waals surface area contributed by atoms with Gasteiger partial charge in [0.05, 0.1) is 25.9 Å². The van der Waals surface area contributed by atoms with Crippen molar-refractivity contribution in [2.45, 2.75) is 24.7 Å². The van der Waals surface area contributed by atoms with Gasteiger partial charge in [-0.05, 0) is 18.1 Å². The van der Waals surface area contributed by atoms with Crippen molar-refractivity contribution in [3.8, 4) is 0 Å². The first-order valence-electron chi connectivity index (χ1n) is 9.14. The number of fused-ring (bicyclic) bond motifs is 1. The molecule has 2 heterocycles. The molecular weight excluding hydrogens is 363 g/mol. The summed E-state index contributed by atoms with van der Waals surface area (Å²) < 4.78 is 26.5. The lowest BCUT2D eigenvalue weighted by atomic mass is 9.75. The highest BCUT2D eigenvalue weighted by Crippen LogP contribution is 2.46. The van der Waals surface area contributed by atoms with Gasteiger partial charge in [0.25, 0.3) is 0 Å². The zero-order valence-corrected chi connectivity index (χ0v) is 15.8. The minimum Gasteiger partial charge on any atom is -0.379 e. The van der Waals surface area contributed by atoms with Crippen LogP contribution in [0, 0.1) is 11.7 Å². The third kappa shape index (κ3) is 3.88. The van der Waals surface area contributed by atoms with Gasteiger partial charge in [0.15, 0.2) is 5.17 Å². The maximum absolute atomic E-state index is 14.6. The number of thioether (sulfide) groups is 1. The summed E-state index contributed by atoms with van der Waals surface area (Å²) in [5, 5.41) is 0.497. The van der Waals surface area contributed by atoms with Crippen LogP contribution in [0.4, 0.5) is 4.39 Å². The molecule has 4 rings (SSSR count). The fraction of sp³-hybridized carbons (Fsp3) is 0.381. The van der Waals surface area contributed by atoms with E-state index in [1.807, 2.05) is 36.4 Å². The van der Waals surface area contributed by atoms with E-state index < -0.39 is 5.54 Å². The fourth-order valence-electron chi connectivity index (χ4n) is 3.86. The van der Waals surface area contributed by atoms with Crippen LogP contribution in [0.25, 0.3) is 0 Å². The summed E-state index contributed by atoms with van der Waals surface area (Å²) in [6.07, 6.45) is 0.751. The number of hydrogen-bond donors (Lipinski definition) is 1. The number of halogens is 1. The smallest absolute Gasteiger partial charge is 0.154 e. The molecule has 0 aromatic heterocycles. The van der Waals surface area contributed by atoms with Gasteiger partial charge in [0.2, 0.25) is 0 Å². The van der Waals surface area contributed by atoms with E-state index in [1.54, 1.807) is 12.1 Å². The highest BCUT2D eigenvalue weighted by molar-refractivity contribution is 8.13. The maximum atomic E-state index is 14.6. The number of hydrogen-bond acceptors (Lipinski definition) is 5. The minimum atomic E-state index is -0.739. The predicted octanol–water partition coefficient (Wildman–Crippen LogP) is 3.70. The number of amidine groups is 1. The third-order valence-corrected chi connectivity index (χ3v) is 6.22. The molecule has 2 aliphatic heterocycles. The number of nitrogens with zero attached hydrogens (tertiary/aromatic N) is 1. The topological polar surface area (TPSA) is 56.8 Å². The Morgan fingerprint density at radius 3 is 2.78 bits per heavy atom. The molecule has 27 heavy (non-hydrogen) atoms. The van der Waals surface area contributed by atoms with Gasteiger partial charge in [-0.2, -0.15) is 0 Å². The molecule has 0 radical (unpaired) electrons. The second kappa shape index (κ2) is 8.00. The largest absolute Gasteiger partial charge is 0.379 e. The molecule has 2 aliphatic rings. The molecule has 0 spiro atoms. The van der Waals surface area contributed by atoms with Crippen LogP contribution in [0.2, 0.25) is 0 Å². The van der Waals surface area contributed by atoms with E-state index in [-0.39, 0.29) is 17.8 Å². The summed E-state index contributed by atoms with van der Waals surface area (Å²) in [5.74, 6) is 0.710. The average Bonchev–Trinajstić information content (AvgIpc) is 2.69. The molecule has 2 aromatic rings. The van der Waals surface area contributed by atoms with Crippen molar-refractivity contribution < 1.29 is 13.9 Å². The van der Waals surface area contributed by atoms with E-state index in [0.29, 0.717) is 30.6 Å². The Kier molecular flexibility index (Phi) is 5.48. The van der Waals surface area contributed by atoms with Gasteiger partial charge in [0.1, 0.15) is 11.4 Å². The monoisotopic (exact) mass is 386 g/mol. The Hall–Kier alpha value is -1.89. The summed E-state index contributed by atoms with van der Waals surface area (Å²) in [4.78, 5) is 4.68. The van der Waals surface area contributed by atoms with E-state index in [9.17, 15) is 4.39 Å². The van der Waals surface area contributed by atoms with Crippen LogP contribution >= 0.6 is 11.8 Å². The molecule has 1 fully saturated rings. The first kappa shape index (κ1) is 18.5. The van der Waals surface area contributed by atoms with E-state index in [1.165, 1.54) is 17.8 Å². The summed E-state index contributed by atoms with van der Waals surface area (Å²) in [7, 11) is 0. The molecule has 6 heteroatoms. The van der Waals surface area contributed by atoms with Gasteiger partial charge in [-0.3, -0.25) is 0 Å². The summed E-state index contributed by atoms with van der Waals surface area (Å²) in [6, 6.07) is 16.9. The van der Waals surface area contributed by atoms with Crippen molar-refractivity contribution in [3.05, 3.63) is 71.5 Å². The predicted molar refractivity (Wildman–Crippen MR) is 106 cm³/mol.